The molecule has 0 radical (unpaired) electrons. The monoisotopic (exact) mass is 659 g/mol. The van der Waals surface area contributed by atoms with E-state index in [-0.39, 0.29) is 6.42 Å². The molecule has 6 atom stereocenters. The Morgan fingerprint density at radius 1 is 0.889 bits per heavy atom. The van der Waals surface area contributed by atoms with Crippen molar-refractivity contribution >= 4 is 41.6 Å². The molecule has 0 bridgehead atoms. The number of thioether (sulfide) groups is 1. The lowest BCUT2D eigenvalue weighted by molar-refractivity contribution is -0.221. The largest absolute Gasteiger partial charge is 0.466 e. The highest BCUT2D eigenvalue weighted by molar-refractivity contribution is 8.01. The molecule has 1 aliphatic heterocycles. The van der Waals surface area contributed by atoms with E-state index >= 15 is 0 Å². The van der Waals surface area contributed by atoms with Gasteiger partial charge in [-0.1, -0.05) is 69.8 Å². The van der Waals surface area contributed by atoms with Gasteiger partial charge in [-0.05, 0) is 17.7 Å². The van der Waals surface area contributed by atoms with E-state index in [9.17, 15) is 29.5 Å². The van der Waals surface area contributed by atoms with Gasteiger partial charge in [0.2, 0.25) is 4.93 Å². The summed E-state index contributed by atoms with van der Waals surface area (Å²) in [6.07, 6.45) is 5.26. The van der Waals surface area contributed by atoms with Gasteiger partial charge in [-0.15, -0.1) is 11.8 Å². The van der Waals surface area contributed by atoms with Gasteiger partial charge >= 0.3 is 29.8 Å². The summed E-state index contributed by atoms with van der Waals surface area (Å²) in [6, 6.07) is -1.34. The van der Waals surface area contributed by atoms with E-state index < -0.39 is 71.8 Å². The zero-order valence-corrected chi connectivity index (χ0v) is 28.1. The van der Waals surface area contributed by atoms with Crippen molar-refractivity contribution in [3.63, 3.8) is 0 Å². The number of hydrogen-bond acceptors (Lipinski definition) is 13. The van der Waals surface area contributed by atoms with Crippen LogP contribution in [0.1, 0.15) is 105 Å². The summed E-state index contributed by atoms with van der Waals surface area (Å²) in [6.45, 7) is 6.12. The lowest BCUT2D eigenvalue weighted by Crippen LogP contribution is -2.63. The third-order valence-corrected chi connectivity index (χ3v) is 8.49. The Labute approximate surface area is 269 Å². The van der Waals surface area contributed by atoms with E-state index in [1.54, 1.807) is 0 Å². The Bertz CT molecular complexity index is 1020. The number of unbranched alkanes of at least 4 members (excludes halogenated alkanes) is 9. The molecule has 1 saturated heterocycles. The van der Waals surface area contributed by atoms with Gasteiger partial charge in [0.1, 0.15) is 24.9 Å². The van der Waals surface area contributed by atoms with Crippen molar-refractivity contribution in [3.8, 4) is 0 Å². The highest BCUT2D eigenvalue weighted by Gasteiger charge is 2.58. The molecular weight excluding hydrogens is 610 g/mol. The maximum Gasteiger partial charge on any atom is 0.348 e. The van der Waals surface area contributed by atoms with Crippen LogP contribution in [0.4, 0.5) is 0 Å². The Morgan fingerprint density at radius 3 is 1.96 bits per heavy atom. The van der Waals surface area contributed by atoms with Crippen molar-refractivity contribution in [1.82, 2.24) is 0 Å². The third kappa shape index (κ3) is 14.7. The van der Waals surface area contributed by atoms with Gasteiger partial charge in [-0.2, -0.15) is 0 Å². The fourth-order valence-corrected chi connectivity index (χ4v) is 6.48. The lowest BCUT2D eigenvalue weighted by atomic mass is 9.90. The molecule has 15 heteroatoms. The molecule has 1 fully saturated rings. The minimum Gasteiger partial charge on any atom is -0.466 e. The molecule has 256 valence electrons. The molecule has 0 unspecified atom stereocenters. The van der Waals surface area contributed by atoms with Crippen LogP contribution in [0.15, 0.2) is 5.11 Å². The zero-order chi connectivity index (χ0) is 33.8. The summed E-state index contributed by atoms with van der Waals surface area (Å²) in [4.78, 5) is 62.5. The first kappa shape index (κ1) is 40.0. The van der Waals surface area contributed by atoms with Crippen LogP contribution < -0.4 is 0 Å². The fraction of sp³-hybridized carbons (Fsp3) is 0.833. The van der Waals surface area contributed by atoms with Gasteiger partial charge in [0.05, 0.1) is 7.11 Å². The summed E-state index contributed by atoms with van der Waals surface area (Å²) in [5, 5.41) is 3.77. The summed E-state index contributed by atoms with van der Waals surface area (Å²) in [5.41, 5.74) is 9.42. The number of carbonyl (C=O) groups is 5. The number of azide groups is 1. The second-order valence-corrected chi connectivity index (χ2v) is 12.3. The molecule has 0 aromatic rings. The number of nitrogens with zero attached hydrogens (tertiary/aromatic N) is 3. The molecule has 1 rings (SSSR count). The van der Waals surface area contributed by atoms with Crippen LogP contribution in [-0.4, -0.2) is 84.7 Å². The molecule has 0 saturated carbocycles. The molecule has 0 aliphatic carbocycles. The lowest BCUT2D eigenvalue weighted by Gasteiger charge is -2.47. The van der Waals surface area contributed by atoms with Crippen molar-refractivity contribution in [2.75, 3.05) is 19.5 Å². The minimum absolute atomic E-state index is 0.239. The van der Waals surface area contributed by atoms with Gasteiger partial charge in [0.25, 0.3) is 0 Å². The number of carbonyl (C=O) groups excluding carboxylic acids is 5. The van der Waals surface area contributed by atoms with E-state index in [4.69, 9.17) is 28.4 Å². The topological polar surface area (TPSA) is 189 Å². The SMILES string of the molecule is CCCCCCCCCCCCS[C@@]1(C(=O)OC)C[C@H](OC(C)=O)[C@@H](N=[N+]=[N-])[C@H]([C@H](OC(C)=O)[C@@H](COC(C)=O)OC(C)=O)O1. The van der Waals surface area contributed by atoms with Crippen molar-refractivity contribution in [2.24, 2.45) is 5.11 Å². The highest BCUT2D eigenvalue weighted by Crippen LogP contribution is 2.44. The smallest absolute Gasteiger partial charge is 0.348 e. The maximum absolute atomic E-state index is 13.4. The number of rotatable bonds is 21. The van der Waals surface area contributed by atoms with Crippen molar-refractivity contribution in [3.05, 3.63) is 10.4 Å². The van der Waals surface area contributed by atoms with Crippen LogP contribution in [0.5, 0.6) is 0 Å². The minimum atomic E-state index is -1.78. The zero-order valence-electron chi connectivity index (χ0n) is 27.3. The quantitative estimate of drug-likeness (QED) is 0.0385. The van der Waals surface area contributed by atoms with E-state index in [2.05, 4.69) is 16.9 Å². The fourth-order valence-electron chi connectivity index (χ4n) is 5.14. The molecule has 0 N–H and O–H groups in total. The number of hydrogen-bond donors (Lipinski definition) is 0. The van der Waals surface area contributed by atoms with Crippen LogP contribution in [-0.2, 0) is 52.4 Å². The molecule has 1 aliphatic rings. The van der Waals surface area contributed by atoms with Crippen molar-refractivity contribution in [1.29, 1.82) is 0 Å². The second kappa shape index (κ2) is 21.7. The van der Waals surface area contributed by atoms with Crippen molar-refractivity contribution < 1.29 is 52.4 Å². The first-order valence-electron chi connectivity index (χ1n) is 15.5. The molecule has 1 heterocycles. The number of methoxy groups -OCH3 is 1. The second-order valence-electron chi connectivity index (χ2n) is 10.9. The standard InChI is InChI=1S/C30H49N3O11S/c1-7-8-9-10-11-12-13-14-15-16-17-45-30(29(38)39-6)18-24(41-21(3)35)26(32-33-31)28(44-30)27(43-23(5)37)25(42-22(4)36)19-40-20(2)34/h24-28H,7-19H2,1-6H3/t24-,25+,26+,27+,28+,30+/m0/s1. The van der Waals surface area contributed by atoms with Gasteiger partial charge in [-0.3, -0.25) is 19.2 Å². The van der Waals surface area contributed by atoms with Gasteiger partial charge in [-0.25, -0.2) is 4.79 Å². The molecular formula is C30H49N3O11S. The maximum atomic E-state index is 13.4. The van der Waals surface area contributed by atoms with Crippen LogP contribution in [0.25, 0.3) is 10.4 Å². The highest BCUT2D eigenvalue weighted by atomic mass is 32.2. The van der Waals surface area contributed by atoms with Gasteiger partial charge < -0.3 is 28.4 Å². The molecule has 14 nitrogen and oxygen atoms in total. The van der Waals surface area contributed by atoms with Crippen LogP contribution >= 0.6 is 11.8 Å². The van der Waals surface area contributed by atoms with E-state index in [1.807, 2.05) is 0 Å². The summed E-state index contributed by atoms with van der Waals surface area (Å²) < 4.78 is 32.9. The Hall–Kier alpha value is -3.03. The van der Waals surface area contributed by atoms with Gasteiger partial charge in [0.15, 0.2) is 12.2 Å². The molecule has 0 amide bonds. The van der Waals surface area contributed by atoms with E-state index in [0.29, 0.717) is 5.75 Å². The summed E-state index contributed by atoms with van der Waals surface area (Å²) in [5.74, 6) is -3.40. The molecule has 45 heavy (non-hydrogen) atoms. The average molecular weight is 660 g/mol. The van der Waals surface area contributed by atoms with E-state index in [0.717, 1.165) is 65.1 Å². The van der Waals surface area contributed by atoms with Crippen LogP contribution in [0.2, 0.25) is 0 Å². The van der Waals surface area contributed by atoms with Crippen molar-refractivity contribution in [2.45, 2.75) is 141 Å². The number of esters is 5. The predicted molar refractivity (Wildman–Crippen MR) is 165 cm³/mol. The van der Waals surface area contributed by atoms with Crippen LogP contribution in [0.3, 0.4) is 0 Å². The van der Waals surface area contributed by atoms with Gasteiger partial charge in [0, 0.05) is 39.0 Å². The summed E-state index contributed by atoms with van der Waals surface area (Å²) >= 11 is 1.13. The third-order valence-electron chi connectivity index (χ3n) is 7.11. The Balaban J connectivity index is 3.34. The Kier molecular flexibility index (Phi) is 19.3. The first-order valence-corrected chi connectivity index (χ1v) is 16.5. The normalized spacial score (nSPS) is 22.2. The van der Waals surface area contributed by atoms with Crippen LogP contribution in [0, 0.1) is 0 Å². The number of ether oxygens (including phenoxy) is 6. The first-order chi connectivity index (χ1) is 21.4. The predicted octanol–water partition coefficient (Wildman–Crippen LogP) is 5.34. The van der Waals surface area contributed by atoms with E-state index in [1.165, 1.54) is 45.6 Å². The summed E-state index contributed by atoms with van der Waals surface area (Å²) in [7, 11) is 1.18. The molecule has 0 spiro atoms. The molecule has 0 aromatic heterocycles. The Morgan fingerprint density at radius 2 is 1.47 bits per heavy atom. The molecule has 0 aromatic carbocycles. The average Bonchev–Trinajstić information content (AvgIpc) is 2.97.